The molecule has 1 aliphatic heterocycles. The van der Waals surface area contributed by atoms with Gasteiger partial charge < -0.3 is 13.9 Å². The van der Waals surface area contributed by atoms with Crippen molar-refractivity contribution >= 4 is 49.2 Å². The Morgan fingerprint density at radius 1 is 0.489 bits per heavy atom. The summed E-state index contributed by atoms with van der Waals surface area (Å²) in [6, 6.07) is 50.3. The van der Waals surface area contributed by atoms with Crippen LogP contribution in [0, 0.1) is 0 Å². The molecule has 0 fully saturated rings. The van der Waals surface area contributed by atoms with Gasteiger partial charge in [-0.2, -0.15) is 0 Å². The Kier molecular flexibility index (Phi) is 5.11. The lowest BCUT2D eigenvalue weighted by Crippen LogP contribution is -2.17. The van der Waals surface area contributed by atoms with E-state index >= 15 is 0 Å². The number of benzene rings is 6. The van der Waals surface area contributed by atoms with E-state index in [4.69, 9.17) is 4.74 Å². The third kappa shape index (κ3) is 3.58. The van der Waals surface area contributed by atoms with E-state index in [9.17, 15) is 0 Å². The van der Waals surface area contributed by atoms with Crippen molar-refractivity contribution in [2.75, 3.05) is 0 Å². The quantitative estimate of drug-likeness (QED) is 0.205. The second-order valence-electron chi connectivity index (χ2n) is 12.1. The normalized spacial score (nSPS) is 17.1. The zero-order valence-corrected chi connectivity index (χ0v) is 24.5. The first-order chi connectivity index (χ1) is 22.3. The minimum absolute atomic E-state index is 0.000811. The van der Waals surface area contributed by atoms with Gasteiger partial charge in [0.1, 0.15) is 11.9 Å². The van der Waals surface area contributed by atoms with E-state index in [1.54, 1.807) is 0 Å². The molecule has 0 amide bonds. The molecule has 212 valence electrons. The molecule has 3 heterocycles. The summed E-state index contributed by atoms with van der Waals surface area (Å²) in [6.45, 7) is 0. The maximum atomic E-state index is 6.48. The van der Waals surface area contributed by atoms with Crippen LogP contribution < -0.4 is 4.74 Å². The van der Waals surface area contributed by atoms with E-state index < -0.39 is 0 Å². The lowest BCUT2D eigenvalue weighted by atomic mass is 9.86. The van der Waals surface area contributed by atoms with Crippen molar-refractivity contribution in [2.45, 2.75) is 12.0 Å². The van der Waals surface area contributed by atoms with Crippen molar-refractivity contribution in [3.8, 4) is 17.1 Å². The molecular weight excluding hydrogens is 548 g/mol. The Balaban J connectivity index is 1.10. The third-order valence-corrected chi connectivity index (χ3v) is 9.65. The first-order valence-corrected chi connectivity index (χ1v) is 15.6. The lowest BCUT2D eigenvalue weighted by Gasteiger charge is -2.19. The minimum Gasteiger partial charge on any atom is -0.485 e. The van der Waals surface area contributed by atoms with E-state index in [1.165, 1.54) is 66.0 Å². The summed E-state index contributed by atoms with van der Waals surface area (Å²) in [5.74, 6) is 1.12. The molecule has 2 aromatic heterocycles. The Labute approximate surface area is 260 Å². The van der Waals surface area contributed by atoms with Crippen molar-refractivity contribution in [1.29, 1.82) is 0 Å². The van der Waals surface area contributed by atoms with Crippen LogP contribution in [-0.4, -0.2) is 15.2 Å². The van der Waals surface area contributed by atoms with Crippen LogP contribution in [0.2, 0.25) is 0 Å². The Bertz CT molecular complexity index is 2470. The molecule has 2 unspecified atom stereocenters. The van der Waals surface area contributed by atoms with Crippen LogP contribution >= 0.6 is 0 Å². The third-order valence-electron chi connectivity index (χ3n) is 9.65. The van der Waals surface area contributed by atoms with Crippen molar-refractivity contribution < 1.29 is 4.74 Å². The standard InChI is InChI=1S/C42H28N2O/c1-2-10-29(11-3-1)43-39-17-9-6-14-33(39)34-24-27(18-21-40(34)43)28-19-22-41-35(25-28)36-26-30(20-23-42(36)45-41)44-37-15-7-4-12-31(37)32-13-5-8-16-38(32)44/h1-26,35,41H. The number of para-hydroxylation sites is 4. The second kappa shape index (κ2) is 9.35. The number of allylic oxidation sites excluding steroid dienone is 2. The summed E-state index contributed by atoms with van der Waals surface area (Å²) >= 11 is 0. The Morgan fingerprint density at radius 2 is 1.09 bits per heavy atom. The van der Waals surface area contributed by atoms with Gasteiger partial charge in [-0.25, -0.2) is 0 Å². The largest absolute Gasteiger partial charge is 0.485 e. The molecule has 3 heteroatoms. The van der Waals surface area contributed by atoms with Gasteiger partial charge in [0.25, 0.3) is 0 Å². The molecule has 2 aliphatic rings. The van der Waals surface area contributed by atoms with Crippen molar-refractivity contribution in [3.05, 3.63) is 169 Å². The van der Waals surface area contributed by atoms with E-state index in [0.29, 0.717) is 0 Å². The van der Waals surface area contributed by atoms with E-state index in [0.717, 1.165) is 11.4 Å². The van der Waals surface area contributed by atoms with Gasteiger partial charge >= 0.3 is 0 Å². The van der Waals surface area contributed by atoms with E-state index in [-0.39, 0.29) is 12.0 Å². The van der Waals surface area contributed by atoms with Crippen LogP contribution in [0.4, 0.5) is 0 Å². The maximum Gasteiger partial charge on any atom is 0.128 e. The minimum atomic E-state index is 0.000811. The molecule has 0 radical (unpaired) electrons. The van der Waals surface area contributed by atoms with Gasteiger partial charge in [-0.05, 0) is 77.9 Å². The zero-order valence-electron chi connectivity index (χ0n) is 24.5. The number of ether oxygens (including phenoxy) is 1. The van der Waals surface area contributed by atoms with Crippen LogP contribution in [0.25, 0.3) is 60.6 Å². The molecule has 6 aromatic carbocycles. The first kappa shape index (κ1) is 24.6. The molecule has 45 heavy (non-hydrogen) atoms. The number of rotatable bonds is 3. The number of nitrogens with zero attached hydrogens (tertiary/aromatic N) is 2. The van der Waals surface area contributed by atoms with Crippen LogP contribution in [0.1, 0.15) is 17.0 Å². The molecule has 0 bridgehead atoms. The highest BCUT2D eigenvalue weighted by Crippen LogP contribution is 2.45. The predicted molar refractivity (Wildman–Crippen MR) is 186 cm³/mol. The molecule has 10 rings (SSSR count). The van der Waals surface area contributed by atoms with E-state index in [2.05, 4.69) is 167 Å². The van der Waals surface area contributed by atoms with Crippen molar-refractivity contribution in [2.24, 2.45) is 0 Å². The van der Waals surface area contributed by atoms with Gasteiger partial charge in [-0.3, -0.25) is 0 Å². The van der Waals surface area contributed by atoms with Gasteiger partial charge in [0.2, 0.25) is 0 Å². The molecule has 8 aromatic rings. The fraction of sp³-hybridized carbons (Fsp3) is 0.0476. The number of hydrogen-bond donors (Lipinski definition) is 0. The van der Waals surface area contributed by atoms with Crippen molar-refractivity contribution in [3.63, 3.8) is 0 Å². The van der Waals surface area contributed by atoms with Crippen LogP contribution in [0.15, 0.2) is 158 Å². The molecule has 0 N–H and O–H groups in total. The second-order valence-corrected chi connectivity index (χ2v) is 12.1. The van der Waals surface area contributed by atoms with E-state index in [1.807, 2.05) is 0 Å². The average Bonchev–Trinajstić information content (AvgIpc) is 3.75. The van der Waals surface area contributed by atoms with Crippen LogP contribution in [0.3, 0.4) is 0 Å². The van der Waals surface area contributed by atoms with Crippen LogP contribution in [-0.2, 0) is 0 Å². The SMILES string of the molecule is C1=CC2Oc3ccc(-n4c5ccccc5c5ccccc54)cc3C2C=C1c1ccc2c(c1)c1ccccc1n2-c1ccccc1. The Morgan fingerprint density at radius 3 is 1.80 bits per heavy atom. The number of fused-ring (bicyclic) bond motifs is 9. The highest BCUT2D eigenvalue weighted by Gasteiger charge is 2.34. The molecular formula is C42H28N2O. The highest BCUT2D eigenvalue weighted by molar-refractivity contribution is 6.11. The van der Waals surface area contributed by atoms with Crippen LogP contribution in [0.5, 0.6) is 5.75 Å². The van der Waals surface area contributed by atoms with Gasteiger partial charge in [0.15, 0.2) is 0 Å². The smallest absolute Gasteiger partial charge is 0.128 e. The summed E-state index contributed by atoms with van der Waals surface area (Å²) in [4.78, 5) is 0. The van der Waals surface area contributed by atoms with Gasteiger partial charge in [-0.1, -0.05) is 91.0 Å². The van der Waals surface area contributed by atoms with Gasteiger partial charge in [0.05, 0.1) is 22.1 Å². The van der Waals surface area contributed by atoms with Gasteiger partial charge in [-0.15, -0.1) is 0 Å². The topological polar surface area (TPSA) is 19.1 Å². The van der Waals surface area contributed by atoms with Crippen molar-refractivity contribution in [1.82, 2.24) is 9.13 Å². The molecule has 1 aliphatic carbocycles. The summed E-state index contributed by atoms with van der Waals surface area (Å²) in [5.41, 5.74) is 10.9. The molecule has 3 nitrogen and oxygen atoms in total. The maximum absolute atomic E-state index is 6.48. The molecule has 2 atom stereocenters. The highest BCUT2D eigenvalue weighted by atomic mass is 16.5. The summed E-state index contributed by atoms with van der Waals surface area (Å²) in [5, 5.41) is 5.07. The summed E-state index contributed by atoms with van der Waals surface area (Å²) < 4.78 is 11.2. The monoisotopic (exact) mass is 576 g/mol. The van der Waals surface area contributed by atoms with Gasteiger partial charge in [0, 0.05) is 44.4 Å². The molecule has 0 spiro atoms. The number of aromatic nitrogens is 2. The summed E-state index contributed by atoms with van der Waals surface area (Å²) in [7, 11) is 0. The zero-order chi connectivity index (χ0) is 29.5. The first-order valence-electron chi connectivity index (χ1n) is 15.6. The predicted octanol–water partition coefficient (Wildman–Crippen LogP) is 10.4. The molecule has 0 saturated heterocycles. The fourth-order valence-electron chi connectivity index (χ4n) is 7.63. The fourth-order valence-corrected chi connectivity index (χ4v) is 7.63. The average molecular weight is 577 g/mol. The number of hydrogen-bond acceptors (Lipinski definition) is 1. The molecule has 0 saturated carbocycles. The Hall–Kier alpha value is -5.80. The lowest BCUT2D eigenvalue weighted by molar-refractivity contribution is 0.269. The summed E-state index contributed by atoms with van der Waals surface area (Å²) in [6.07, 6.45) is 6.88.